The number of hydrogen-bond donors (Lipinski definition) is 3. The first-order valence-corrected chi connectivity index (χ1v) is 9.09. The van der Waals surface area contributed by atoms with E-state index in [1.54, 1.807) is 0 Å². The number of fused-ring (bicyclic) bond motifs is 1. The molecule has 5 nitrogen and oxygen atoms in total. The first kappa shape index (κ1) is 17.5. The lowest BCUT2D eigenvalue weighted by Crippen LogP contribution is -2.40. The van der Waals surface area contributed by atoms with Crippen molar-refractivity contribution in [1.29, 1.82) is 5.26 Å². The fourth-order valence-corrected chi connectivity index (χ4v) is 4.17. The second-order valence-electron chi connectivity index (χ2n) is 6.99. The number of aliphatic hydroxyl groups is 1. The lowest BCUT2D eigenvalue weighted by molar-refractivity contribution is 0.236. The molecule has 0 aliphatic heterocycles. The predicted molar refractivity (Wildman–Crippen MR) is 96.4 cm³/mol. The Morgan fingerprint density at radius 1 is 1.24 bits per heavy atom. The van der Waals surface area contributed by atoms with Crippen LogP contribution in [0.15, 0.2) is 29.8 Å². The average Bonchev–Trinajstić information content (AvgIpc) is 2.63. The number of benzene rings is 1. The maximum absolute atomic E-state index is 12.3. The van der Waals surface area contributed by atoms with Crippen molar-refractivity contribution in [2.45, 2.75) is 44.9 Å². The first-order valence-electron chi connectivity index (χ1n) is 9.09. The van der Waals surface area contributed by atoms with Crippen molar-refractivity contribution in [3.63, 3.8) is 0 Å². The second-order valence-corrected chi connectivity index (χ2v) is 6.99. The Labute approximate surface area is 148 Å². The third kappa shape index (κ3) is 3.54. The number of amides is 2. The van der Waals surface area contributed by atoms with Gasteiger partial charge in [-0.05, 0) is 31.2 Å². The Bertz CT molecular complexity index is 712. The zero-order valence-electron chi connectivity index (χ0n) is 14.5. The molecule has 2 aliphatic rings. The highest BCUT2D eigenvalue weighted by Gasteiger charge is 2.42. The quantitative estimate of drug-likeness (QED) is 0.737. The van der Waals surface area contributed by atoms with Crippen LogP contribution in [0.5, 0.6) is 0 Å². The minimum Gasteiger partial charge on any atom is -0.396 e. The molecule has 3 N–H and O–H groups in total. The van der Waals surface area contributed by atoms with Crippen LogP contribution >= 0.6 is 0 Å². The monoisotopic (exact) mass is 339 g/mol. The molecule has 0 radical (unpaired) electrons. The Morgan fingerprint density at radius 2 is 2.00 bits per heavy atom. The number of hydrogen-bond acceptors (Lipinski definition) is 3. The van der Waals surface area contributed by atoms with Gasteiger partial charge in [0.2, 0.25) is 0 Å². The molecule has 1 aromatic rings. The molecule has 0 saturated heterocycles. The fourth-order valence-electron chi connectivity index (χ4n) is 4.17. The highest BCUT2D eigenvalue weighted by Crippen LogP contribution is 2.50. The maximum atomic E-state index is 12.3. The molecule has 5 heteroatoms. The number of nitriles is 1. The Balaban J connectivity index is 1.96. The maximum Gasteiger partial charge on any atom is 0.319 e. The molecule has 0 unspecified atom stereocenters. The van der Waals surface area contributed by atoms with Gasteiger partial charge in [-0.1, -0.05) is 43.5 Å². The van der Waals surface area contributed by atoms with Gasteiger partial charge in [0.05, 0.1) is 17.3 Å². The summed E-state index contributed by atoms with van der Waals surface area (Å²) in [6.07, 6.45) is 6.86. The van der Waals surface area contributed by atoms with Gasteiger partial charge in [0.25, 0.3) is 0 Å². The number of allylic oxidation sites excluding steroid dienone is 1. The van der Waals surface area contributed by atoms with Crippen LogP contribution in [0.1, 0.15) is 49.7 Å². The SMILES string of the molecule is N#CC1=C(NC(=O)NCCCO)c2ccccc2CC12CCCCC2. The summed E-state index contributed by atoms with van der Waals surface area (Å²) in [7, 11) is 0. The normalized spacial score (nSPS) is 18.4. The van der Waals surface area contributed by atoms with Crippen molar-refractivity contribution >= 4 is 11.7 Å². The Morgan fingerprint density at radius 3 is 2.72 bits per heavy atom. The molecule has 0 bridgehead atoms. The molecule has 1 spiro atoms. The van der Waals surface area contributed by atoms with Gasteiger partial charge < -0.3 is 15.7 Å². The van der Waals surface area contributed by atoms with E-state index in [0.717, 1.165) is 43.2 Å². The van der Waals surface area contributed by atoms with Crippen LogP contribution in [-0.4, -0.2) is 24.3 Å². The lowest BCUT2D eigenvalue weighted by Gasteiger charge is -2.41. The van der Waals surface area contributed by atoms with Gasteiger partial charge in [0.1, 0.15) is 0 Å². The van der Waals surface area contributed by atoms with Crippen molar-refractivity contribution in [2.24, 2.45) is 5.41 Å². The highest BCUT2D eigenvalue weighted by atomic mass is 16.3. The van der Waals surface area contributed by atoms with Gasteiger partial charge in [-0.3, -0.25) is 0 Å². The van der Waals surface area contributed by atoms with E-state index >= 15 is 0 Å². The van der Waals surface area contributed by atoms with Crippen LogP contribution in [0.4, 0.5) is 4.79 Å². The van der Waals surface area contributed by atoms with Gasteiger partial charge in [-0.25, -0.2) is 4.79 Å². The third-order valence-corrected chi connectivity index (χ3v) is 5.38. The Kier molecular flexibility index (Phi) is 5.40. The van der Waals surface area contributed by atoms with Crippen LogP contribution in [0.2, 0.25) is 0 Å². The van der Waals surface area contributed by atoms with Crippen LogP contribution in [0, 0.1) is 16.7 Å². The van der Waals surface area contributed by atoms with E-state index < -0.39 is 0 Å². The molecule has 1 saturated carbocycles. The van der Waals surface area contributed by atoms with Gasteiger partial charge in [-0.2, -0.15) is 5.26 Å². The average molecular weight is 339 g/mol. The molecule has 2 aliphatic carbocycles. The second kappa shape index (κ2) is 7.71. The number of nitrogens with one attached hydrogen (secondary N) is 2. The van der Waals surface area contributed by atoms with Crippen LogP contribution in [0.25, 0.3) is 5.70 Å². The smallest absolute Gasteiger partial charge is 0.319 e. The summed E-state index contributed by atoms with van der Waals surface area (Å²) < 4.78 is 0. The molecule has 1 aromatic carbocycles. The standard InChI is InChI=1S/C20H25N3O2/c21-14-17-18(23-19(25)22-11-6-12-24)16-8-3-2-7-15(16)13-20(17)9-4-1-5-10-20/h2-3,7-8,24H,1,4-6,9-13H2,(H2,22,23,25). The van der Waals surface area contributed by atoms with Crippen molar-refractivity contribution in [2.75, 3.05) is 13.2 Å². The zero-order chi connectivity index (χ0) is 17.7. The number of urea groups is 1. The molecule has 0 heterocycles. The molecular formula is C20H25N3O2. The molecule has 0 aromatic heterocycles. The van der Waals surface area contributed by atoms with Crippen LogP contribution < -0.4 is 10.6 Å². The van der Waals surface area contributed by atoms with Gasteiger partial charge in [0.15, 0.2) is 0 Å². The van der Waals surface area contributed by atoms with Gasteiger partial charge in [-0.15, -0.1) is 0 Å². The summed E-state index contributed by atoms with van der Waals surface area (Å²) in [6.45, 7) is 0.447. The molecule has 0 atom stereocenters. The summed E-state index contributed by atoms with van der Waals surface area (Å²) in [6, 6.07) is 10.1. The van der Waals surface area contributed by atoms with Crippen molar-refractivity contribution in [3.05, 3.63) is 41.0 Å². The third-order valence-electron chi connectivity index (χ3n) is 5.38. The van der Waals surface area contributed by atoms with Gasteiger partial charge in [0, 0.05) is 24.1 Å². The van der Waals surface area contributed by atoms with Crippen molar-refractivity contribution in [1.82, 2.24) is 10.6 Å². The minimum absolute atomic E-state index is 0.0400. The van der Waals surface area contributed by atoms with E-state index in [4.69, 9.17) is 5.11 Å². The first-order chi connectivity index (χ1) is 12.2. The summed E-state index contributed by atoms with van der Waals surface area (Å²) in [5.41, 5.74) is 3.40. The molecule has 3 rings (SSSR count). The van der Waals surface area contributed by atoms with E-state index in [9.17, 15) is 10.1 Å². The lowest BCUT2D eigenvalue weighted by atomic mass is 9.62. The molecule has 25 heavy (non-hydrogen) atoms. The number of carbonyl (C=O) groups is 1. The van der Waals surface area contributed by atoms with E-state index in [0.29, 0.717) is 18.7 Å². The molecular weight excluding hydrogens is 314 g/mol. The summed E-state index contributed by atoms with van der Waals surface area (Å²) in [4.78, 5) is 12.3. The van der Waals surface area contributed by atoms with E-state index in [-0.39, 0.29) is 18.1 Å². The number of rotatable bonds is 4. The van der Waals surface area contributed by atoms with Crippen LogP contribution in [0.3, 0.4) is 0 Å². The number of carbonyl (C=O) groups excluding carboxylic acids is 1. The molecule has 1 fully saturated rings. The summed E-state index contributed by atoms with van der Waals surface area (Å²) >= 11 is 0. The number of nitrogens with zero attached hydrogens (tertiary/aromatic N) is 1. The van der Waals surface area contributed by atoms with E-state index in [1.165, 1.54) is 12.0 Å². The zero-order valence-corrected chi connectivity index (χ0v) is 14.5. The predicted octanol–water partition coefficient (Wildman–Crippen LogP) is 3.11. The van der Waals surface area contributed by atoms with Crippen LogP contribution in [-0.2, 0) is 6.42 Å². The Hall–Kier alpha value is -2.32. The van der Waals surface area contributed by atoms with E-state index in [2.05, 4.69) is 22.8 Å². The van der Waals surface area contributed by atoms with Gasteiger partial charge >= 0.3 is 6.03 Å². The van der Waals surface area contributed by atoms with Crippen molar-refractivity contribution < 1.29 is 9.90 Å². The summed E-state index contributed by atoms with van der Waals surface area (Å²) in [5.74, 6) is 0. The summed E-state index contributed by atoms with van der Waals surface area (Å²) in [5, 5.41) is 24.4. The van der Waals surface area contributed by atoms with Crippen molar-refractivity contribution in [3.8, 4) is 6.07 Å². The number of aliphatic hydroxyl groups excluding tert-OH is 1. The fraction of sp³-hybridized carbons (Fsp3) is 0.500. The largest absolute Gasteiger partial charge is 0.396 e. The topological polar surface area (TPSA) is 85.2 Å². The minimum atomic E-state index is -0.320. The molecule has 132 valence electrons. The molecule has 2 amide bonds. The van der Waals surface area contributed by atoms with E-state index in [1.807, 2.05) is 18.2 Å². The highest BCUT2D eigenvalue weighted by molar-refractivity contribution is 5.89.